The number of hydrogen-bond acceptors (Lipinski definition) is 2. The molecule has 0 saturated heterocycles. The molecule has 13 heavy (non-hydrogen) atoms. The summed E-state index contributed by atoms with van der Waals surface area (Å²) in [4.78, 5) is 10.4. The van der Waals surface area contributed by atoms with E-state index in [-0.39, 0.29) is 18.1 Å². The van der Waals surface area contributed by atoms with Crippen LogP contribution in [0.1, 0.15) is 35.9 Å². The second kappa shape index (κ2) is 5.59. The van der Waals surface area contributed by atoms with Crippen molar-refractivity contribution in [3.05, 3.63) is 17.5 Å². The van der Waals surface area contributed by atoms with Crippen molar-refractivity contribution in [1.29, 1.82) is 0 Å². The van der Waals surface area contributed by atoms with Crippen LogP contribution in [0.2, 0.25) is 0 Å². The van der Waals surface area contributed by atoms with Gasteiger partial charge in [-0.2, -0.15) is 5.10 Å². The first-order valence-corrected chi connectivity index (χ1v) is 4.01. The van der Waals surface area contributed by atoms with Crippen LogP contribution < -0.4 is 0 Å². The summed E-state index contributed by atoms with van der Waals surface area (Å²) in [6, 6.07) is 1.58. The molecule has 5 heteroatoms. The molecule has 1 rings (SSSR count). The summed E-state index contributed by atoms with van der Waals surface area (Å²) in [6.45, 7) is 2.09. The minimum absolute atomic E-state index is 0. The van der Waals surface area contributed by atoms with E-state index >= 15 is 0 Å². The summed E-state index contributed by atoms with van der Waals surface area (Å²) in [5, 5.41) is 14.9. The second-order valence-corrected chi connectivity index (χ2v) is 2.68. The van der Waals surface area contributed by atoms with Gasteiger partial charge in [-0.1, -0.05) is 13.3 Å². The van der Waals surface area contributed by atoms with Gasteiger partial charge < -0.3 is 5.11 Å². The van der Waals surface area contributed by atoms with E-state index in [9.17, 15) is 4.79 Å². The minimum atomic E-state index is -0.953. The number of carboxylic acids is 1. The van der Waals surface area contributed by atoms with E-state index in [4.69, 9.17) is 5.11 Å². The molecule has 4 nitrogen and oxygen atoms in total. The van der Waals surface area contributed by atoms with E-state index in [0.717, 1.165) is 25.0 Å². The highest BCUT2D eigenvalue weighted by Crippen LogP contribution is 2.03. The largest absolute Gasteiger partial charge is 0.477 e. The predicted octanol–water partition coefficient (Wildman–Crippen LogP) is 1.87. The van der Waals surface area contributed by atoms with Crippen LogP contribution in [0.15, 0.2) is 6.07 Å². The lowest BCUT2D eigenvalue weighted by Crippen LogP contribution is -1.95. The van der Waals surface area contributed by atoms with Gasteiger partial charge in [0.15, 0.2) is 0 Å². The van der Waals surface area contributed by atoms with Gasteiger partial charge in [0, 0.05) is 0 Å². The molecule has 0 aromatic carbocycles. The van der Waals surface area contributed by atoms with E-state index < -0.39 is 5.97 Å². The van der Waals surface area contributed by atoms with Crippen molar-refractivity contribution < 1.29 is 9.90 Å². The van der Waals surface area contributed by atoms with Crippen molar-refractivity contribution in [3.63, 3.8) is 0 Å². The molecule has 1 aromatic rings. The van der Waals surface area contributed by atoms with Gasteiger partial charge in [-0.05, 0) is 18.9 Å². The summed E-state index contributed by atoms with van der Waals surface area (Å²) in [6.07, 6.45) is 2.99. The highest BCUT2D eigenvalue weighted by molar-refractivity contribution is 5.85. The molecule has 1 aromatic heterocycles. The third kappa shape index (κ3) is 3.46. The lowest BCUT2D eigenvalue weighted by Gasteiger charge is -1.89. The van der Waals surface area contributed by atoms with Gasteiger partial charge in [0.25, 0.3) is 0 Å². The number of rotatable bonds is 4. The number of aromatic nitrogens is 2. The van der Waals surface area contributed by atoms with E-state index in [1.54, 1.807) is 6.07 Å². The van der Waals surface area contributed by atoms with E-state index in [1.807, 2.05) is 0 Å². The number of hydrogen-bond donors (Lipinski definition) is 2. The lowest BCUT2D eigenvalue weighted by molar-refractivity contribution is 0.0690. The Morgan fingerprint density at radius 2 is 2.38 bits per heavy atom. The maximum absolute atomic E-state index is 10.4. The fourth-order valence-corrected chi connectivity index (χ4v) is 0.959. The number of aromatic carboxylic acids is 1. The topological polar surface area (TPSA) is 66.0 Å². The smallest absolute Gasteiger partial charge is 0.353 e. The molecule has 74 valence electrons. The van der Waals surface area contributed by atoms with Crippen LogP contribution in [-0.2, 0) is 6.42 Å². The highest BCUT2D eigenvalue weighted by Gasteiger charge is 2.06. The third-order valence-corrected chi connectivity index (χ3v) is 1.65. The molecule has 0 aliphatic carbocycles. The summed E-state index contributed by atoms with van der Waals surface area (Å²) in [5.41, 5.74) is 0.996. The van der Waals surface area contributed by atoms with Gasteiger partial charge in [-0.15, -0.1) is 12.4 Å². The van der Waals surface area contributed by atoms with Gasteiger partial charge in [0.2, 0.25) is 0 Å². The Hall–Kier alpha value is -1.03. The average Bonchev–Trinajstić information content (AvgIpc) is 2.48. The Kier molecular flexibility index (Phi) is 5.14. The number of nitrogens with zero attached hydrogens (tertiary/aromatic N) is 1. The van der Waals surface area contributed by atoms with E-state index in [2.05, 4.69) is 17.1 Å². The summed E-state index contributed by atoms with van der Waals surface area (Å²) < 4.78 is 0. The van der Waals surface area contributed by atoms with Crippen molar-refractivity contribution in [2.45, 2.75) is 26.2 Å². The van der Waals surface area contributed by atoms with Crippen LogP contribution in [0.5, 0.6) is 0 Å². The molecule has 0 fully saturated rings. The molecule has 0 unspecified atom stereocenters. The average molecular weight is 205 g/mol. The predicted molar refractivity (Wildman–Crippen MR) is 51.4 cm³/mol. The molecule has 0 saturated carbocycles. The normalized spacial score (nSPS) is 9.31. The molecular weight excluding hydrogens is 192 g/mol. The summed E-state index contributed by atoms with van der Waals surface area (Å²) in [5.74, 6) is -0.953. The number of aromatic amines is 1. The van der Waals surface area contributed by atoms with Crippen molar-refractivity contribution in [2.75, 3.05) is 0 Å². The van der Waals surface area contributed by atoms with Crippen LogP contribution >= 0.6 is 12.4 Å². The van der Waals surface area contributed by atoms with Crippen molar-refractivity contribution in [2.24, 2.45) is 0 Å². The molecule has 0 aliphatic rings. The third-order valence-electron chi connectivity index (χ3n) is 1.65. The van der Waals surface area contributed by atoms with Crippen LogP contribution in [0.3, 0.4) is 0 Å². The lowest BCUT2D eigenvalue weighted by atomic mass is 10.2. The molecule has 0 atom stereocenters. The zero-order valence-corrected chi connectivity index (χ0v) is 8.23. The number of H-pyrrole nitrogens is 1. The van der Waals surface area contributed by atoms with Gasteiger partial charge in [0.1, 0.15) is 5.69 Å². The maximum atomic E-state index is 10.4. The molecule has 0 radical (unpaired) electrons. The molecule has 0 bridgehead atoms. The first kappa shape index (κ1) is 12.0. The van der Waals surface area contributed by atoms with E-state index in [1.165, 1.54) is 0 Å². The minimum Gasteiger partial charge on any atom is -0.477 e. The van der Waals surface area contributed by atoms with Gasteiger partial charge in [-0.3, -0.25) is 5.10 Å². The van der Waals surface area contributed by atoms with E-state index in [0.29, 0.717) is 0 Å². The maximum Gasteiger partial charge on any atom is 0.353 e. The number of carbonyl (C=O) groups is 1. The van der Waals surface area contributed by atoms with Crippen LogP contribution in [-0.4, -0.2) is 21.3 Å². The quantitative estimate of drug-likeness (QED) is 0.787. The van der Waals surface area contributed by atoms with Crippen molar-refractivity contribution in [3.8, 4) is 0 Å². The number of unbranched alkanes of at least 4 members (excludes halogenated alkanes) is 1. The fourth-order valence-electron chi connectivity index (χ4n) is 0.959. The van der Waals surface area contributed by atoms with Crippen molar-refractivity contribution >= 4 is 18.4 Å². The zero-order chi connectivity index (χ0) is 8.97. The SMILES string of the molecule is CCCCc1cc(C(=O)O)[nH]n1.Cl. The number of aryl methyl sites for hydroxylation is 1. The van der Waals surface area contributed by atoms with Gasteiger partial charge in [0.05, 0.1) is 5.69 Å². The Morgan fingerprint density at radius 3 is 2.85 bits per heavy atom. The zero-order valence-electron chi connectivity index (χ0n) is 7.41. The first-order chi connectivity index (χ1) is 5.74. The molecule has 1 heterocycles. The monoisotopic (exact) mass is 204 g/mol. The van der Waals surface area contributed by atoms with Crippen LogP contribution in [0, 0.1) is 0 Å². The first-order valence-electron chi connectivity index (χ1n) is 4.01. The Bertz CT molecular complexity index is 273. The molecule has 0 spiro atoms. The Labute approximate surface area is 82.8 Å². The molecule has 0 aliphatic heterocycles. The highest BCUT2D eigenvalue weighted by atomic mass is 35.5. The second-order valence-electron chi connectivity index (χ2n) is 2.68. The molecular formula is C8H13ClN2O2. The molecule has 2 N–H and O–H groups in total. The number of halogens is 1. The number of carboxylic acid groups (broad SMARTS) is 1. The summed E-state index contributed by atoms with van der Waals surface area (Å²) >= 11 is 0. The van der Waals surface area contributed by atoms with Crippen LogP contribution in [0.4, 0.5) is 0 Å². The molecule has 0 amide bonds. The number of nitrogens with one attached hydrogen (secondary N) is 1. The van der Waals surface area contributed by atoms with Gasteiger partial charge >= 0.3 is 5.97 Å². The Balaban J connectivity index is 0.00000144. The fraction of sp³-hybridized carbons (Fsp3) is 0.500. The summed E-state index contributed by atoms with van der Waals surface area (Å²) in [7, 11) is 0. The van der Waals surface area contributed by atoms with Crippen molar-refractivity contribution in [1.82, 2.24) is 10.2 Å². The standard InChI is InChI=1S/C8H12N2O2.ClH/c1-2-3-4-6-5-7(8(11)12)10-9-6;/h5H,2-4H2,1H3,(H,9,10)(H,11,12);1H. The van der Waals surface area contributed by atoms with Crippen LogP contribution in [0.25, 0.3) is 0 Å². The van der Waals surface area contributed by atoms with Gasteiger partial charge in [-0.25, -0.2) is 4.79 Å². The Morgan fingerprint density at radius 1 is 1.69 bits per heavy atom.